The number of aliphatic carboxylic acids is 1. The third-order valence-corrected chi connectivity index (χ3v) is 7.00. The van der Waals surface area contributed by atoms with Crippen molar-refractivity contribution in [1.29, 1.82) is 5.26 Å². The molecule has 180 valence electrons. The second kappa shape index (κ2) is 11.8. The molecule has 36 heavy (non-hydrogen) atoms. The molecular weight excluding hydrogens is 519 g/mol. The van der Waals surface area contributed by atoms with E-state index >= 15 is 0 Å². The number of hydrogen-bond donors (Lipinski definition) is 2. The predicted octanol–water partition coefficient (Wildman–Crippen LogP) is -3.47. The minimum absolute atomic E-state index is 0. The molecule has 2 aliphatic heterocycles. The first-order valence-electron chi connectivity index (χ1n) is 9.98. The van der Waals surface area contributed by atoms with Gasteiger partial charge in [-0.1, -0.05) is 17.3 Å². The normalized spacial score (nSPS) is 18.8. The van der Waals surface area contributed by atoms with Gasteiger partial charge in [-0.25, -0.2) is 4.98 Å². The minimum atomic E-state index is -1.57. The average Bonchev–Trinajstić information content (AvgIpc) is 3.29. The van der Waals surface area contributed by atoms with Gasteiger partial charge in [0.05, 0.1) is 23.4 Å². The number of benzene rings is 1. The van der Waals surface area contributed by atoms with Crippen LogP contribution in [0.1, 0.15) is 16.8 Å². The number of β-lactam (4-membered cyclic amide) rings is 1. The maximum absolute atomic E-state index is 12.8. The summed E-state index contributed by atoms with van der Waals surface area (Å²) < 4.78 is 5.68. The second-order valence-corrected chi connectivity index (χ2v) is 9.21. The van der Waals surface area contributed by atoms with E-state index in [1.165, 1.54) is 24.3 Å². The smallest absolute Gasteiger partial charge is 0.543 e. The molecule has 2 atom stereocenters. The van der Waals surface area contributed by atoms with Gasteiger partial charge in [0.1, 0.15) is 42.3 Å². The van der Waals surface area contributed by atoms with Gasteiger partial charge in [-0.05, 0) is 17.7 Å². The number of oxime groups is 1. The van der Waals surface area contributed by atoms with Crippen molar-refractivity contribution >= 4 is 51.7 Å². The summed E-state index contributed by atoms with van der Waals surface area (Å²) in [6.07, 6.45) is 0. The van der Waals surface area contributed by atoms with Gasteiger partial charge in [-0.2, -0.15) is 5.26 Å². The minimum Gasteiger partial charge on any atom is -0.543 e. The molecule has 2 amide bonds. The van der Waals surface area contributed by atoms with Crippen LogP contribution in [0.25, 0.3) is 0 Å². The maximum Gasteiger partial charge on any atom is 1.00 e. The van der Waals surface area contributed by atoms with Crippen molar-refractivity contribution in [2.45, 2.75) is 18.0 Å². The van der Waals surface area contributed by atoms with E-state index in [0.717, 1.165) is 16.2 Å². The third-order valence-electron chi connectivity index (χ3n) is 5.07. The summed E-state index contributed by atoms with van der Waals surface area (Å²) in [6, 6.07) is 7.62. The zero-order valence-electron chi connectivity index (χ0n) is 19.1. The number of anilines is 1. The molecule has 0 spiro atoms. The van der Waals surface area contributed by atoms with E-state index in [0.29, 0.717) is 11.1 Å². The number of nitrogens with two attached hydrogens (primary N) is 1. The molecule has 0 aliphatic carbocycles. The SMILES string of the molecule is CO/N=C(\C(=O)N[C@@H]1C(=O)N2C(C(=O)[O-])=C(OCc3ccc(C#N)cc3)CS[C@@H]12)c1csc(N)n1.[Na+]. The van der Waals surface area contributed by atoms with Crippen molar-refractivity contribution in [3.05, 3.63) is 57.9 Å². The number of hydrogen-bond acceptors (Lipinski definition) is 12. The number of amides is 2. The van der Waals surface area contributed by atoms with Crippen molar-refractivity contribution < 1.29 is 58.6 Å². The number of rotatable bonds is 8. The number of nitrogens with zero attached hydrogens (tertiary/aromatic N) is 4. The fraction of sp³-hybridized carbons (Fsp3) is 0.238. The van der Waals surface area contributed by atoms with Crippen molar-refractivity contribution in [1.82, 2.24) is 15.2 Å². The van der Waals surface area contributed by atoms with Crippen LogP contribution in [-0.4, -0.2) is 57.7 Å². The topological polar surface area (TPSA) is 183 Å². The molecule has 15 heteroatoms. The molecule has 12 nitrogen and oxygen atoms in total. The number of nitriles is 1. The Labute approximate surface area is 235 Å². The number of thioether (sulfide) groups is 1. The number of carboxylic acid groups (broad SMARTS) is 1. The van der Waals surface area contributed by atoms with Crippen LogP contribution in [0.15, 0.2) is 46.3 Å². The number of carbonyl (C=O) groups is 3. The number of aromatic nitrogens is 1. The molecule has 3 heterocycles. The van der Waals surface area contributed by atoms with E-state index in [9.17, 15) is 19.5 Å². The molecule has 1 saturated heterocycles. The van der Waals surface area contributed by atoms with Crippen LogP contribution in [0.2, 0.25) is 0 Å². The summed E-state index contributed by atoms with van der Waals surface area (Å²) in [5, 5.41) is 28.1. The summed E-state index contributed by atoms with van der Waals surface area (Å²) in [6.45, 7) is 0.0405. The van der Waals surface area contributed by atoms with Crippen LogP contribution in [0.4, 0.5) is 5.13 Å². The van der Waals surface area contributed by atoms with E-state index in [1.54, 1.807) is 24.3 Å². The largest absolute Gasteiger partial charge is 1.00 e. The number of nitrogen functional groups attached to an aromatic ring is 1. The van der Waals surface area contributed by atoms with Gasteiger partial charge >= 0.3 is 29.6 Å². The zero-order chi connectivity index (χ0) is 25.1. The van der Waals surface area contributed by atoms with Crippen LogP contribution in [0, 0.1) is 11.3 Å². The fourth-order valence-corrected chi connectivity index (χ4v) is 5.26. The first kappa shape index (κ1) is 27.5. The fourth-order valence-electron chi connectivity index (χ4n) is 3.44. The Balaban J connectivity index is 0.00000361. The van der Waals surface area contributed by atoms with Gasteiger partial charge in [0.2, 0.25) is 0 Å². The molecule has 2 aliphatic rings. The standard InChI is InChI=1S/C21H18N6O6S2.Na/c1-32-26-14(12-8-35-21(23)24-12)17(28)25-15-18(29)27-16(20(30)31)13(9-34-19(15)27)33-7-11-4-2-10(6-22)3-5-11;/h2-5,8,15,19H,7,9H2,1H3,(H2,23,24)(H,25,28)(H,30,31);/q;+1/p-1/b26-14-;/t15-,19+;/m1./s1. The molecule has 0 saturated carbocycles. The number of nitrogens with one attached hydrogen (secondary N) is 1. The monoisotopic (exact) mass is 536 g/mol. The number of carbonyl (C=O) groups excluding carboxylic acids is 3. The van der Waals surface area contributed by atoms with Gasteiger partial charge < -0.3 is 30.5 Å². The molecule has 4 rings (SSSR count). The Bertz CT molecular complexity index is 1290. The Morgan fingerprint density at radius 3 is 2.69 bits per heavy atom. The van der Waals surface area contributed by atoms with Crippen molar-refractivity contribution in [3.63, 3.8) is 0 Å². The van der Waals surface area contributed by atoms with Crippen molar-refractivity contribution in [2.24, 2.45) is 5.16 Å². The van der Waals surface area contributed by atoms with Crippen LogP contribution in [0.3, 0.4) is 0 Å². The van der Waals surface area contributed by atoms with Gasteiger partial charge in [-0.15, -0.1) is 23.1 Å². The molecule has 0 unspecified atom stereocenters. The predicted molar refractivity (Wildman–Crippen MR) is 123 cm³/mol. The molecule has 1 aromatic heterocycles. The Morgan fingerprint density at radius 2 is 2.11 bits per heavy atom. The quantitative estimate of drug-likeness (QED) is 0.149. The van der Waals surface area contributed by atoms with Crippen LogP contribution < -0.4 is 45.7 Å². The van der Waals surface area contributed by atoms with E-state index in [4.69, 9.17) is 20.6 Å². The molecular formula is C21H17N6NaO6S2. The van der Waals surface area contributed by atoms with Gasteiger partial charge in [0.15, 0.2) is 10.8 Å². The van der Waals surface area contributed by atoms with Crippen molar-refractivity contribution in [3.8, 4) is 6.07 Å². The van der Waals surface area contributed by atoms with E-state index in [2.05, 4.69) is 15.5 Å². The number of thiazole rings is 1. The second-order valence-electron chi connectivity index (χ2n) is 7.21. The first-order chi connectivity index (χ1) is 16.8. The van der Waals surface area contributed by atoms with E-state index in [1.807, 2.05) is 6.07 Å². The average molecular weight is 537 g/mol. The van der Waals surface area contributed by atoms with Crippen LogP contribution >= 0.6 is 23.1 Å². The number of ether oxygens (including phenoxy) is 1. The number of fused-ring (bicyclic) bond motifs is 1. The summed E-state index contributed by atoms with van der Waals surface area (Å²) >= 11 is 2.34. The molecule has 1 aromatic carbocycles. The molecule has 3 N–H and O–H groups in total. The van der Waals surface area contributed by atoms with Gasteiger partial charge in [0, 0.05) is 5.38 Å². The Hall–Kier alpha value is -3.09. The summed E-state index contributed by atoms with van der Waals surface area (Å²) in [5.41, 5.74) is 6.45. The molecule has 0 bridgehead atoms. The molecule has 0 radical (unpaired) electrons. The van der Waals surface area contributed by atoms with Crippen molar-refractivity contribution in [2.75, 3.05) is 18.6 Å². The zero-order valence-corrected chi connectivity index (χ0v) is 22.7. The molecule has 2 aromatic rings. The van der Waals surface area contributed by atoms with Crippen LogP contribution in [-0.2, 0) is 30.6 Å². The summed E-state index contributed by atoms with van der Waals surface area (Å²) in [4.78, 5) is 47.3. The Kier molecular flexibility index (Phi) is 8.98. The first-order valence-corrected chi connectivity index (χ1v) is 11.9. The molecule has 1 fully saturated rings. The summed E-state index contributed by atoms with van der Waals surface area (Å²) in [5.74, 6) is -2.71. The summed E-state index contributed by atoms with van der Waals surface area (Å²) in [7, 11) is 1.26. The van der Waals surface area contributed by atoms with Gasteiger partial charge in [-0.3, -0.25) is 14.5 Å². The van der Waals surface area contributed by atoms with E-state index < -0.39 is 29.2 Å². The maximum atomic E-state index is 12.8. The van der Waals surface area contributed by atoms with Gasteiger partial charge in [0.25, 0.3) is 11.8 Å². The van der Waals surface area contributed by atoms with Crippen LogP contribution in [0.5, 0.6) is 0 Å². The van der Waals surface area contributed by atoms with E-state index in [-0.39, 0.29) is 69.9 Å². The Morgan fingerprint density at radius 1 is 1.39 bits per heavy atom. The number of carboxylic acids is 1. The third kappa shape index (κ3) is 5.50.